The van der Waals surface area contributed by atoms with Crippen LogP contribution in [0.1, 0.15) is 29.8 Å². The van der Waals surface area contributed by atoms with E-state index in [1.807, 2.05) is 51.1 Å². The molecular weight excluding hydrogens is 388 g/mol. The zero-order chi connectivity index (χ0) is 17.7. The summed E-state index contributed by atoms with van der Waals surface area (Å²) in [6, 6.07) is 13.0. The molecule has 4 nitrogen and oxygen atoms in total. The van der Waals surface area contributed by atoms with Crippen molar-refractivity contribution in [3.8, 4) is 5.75 Å². The molecule has 2 N–H and O–H groups in total. The average Bonchev–Trinajstić information content (AvgIpc) is 2.48. The van der Waals surface area contributed by atoms with Crippen LogP contribution in [0.3, 0.4) is 0 Å². The molecule has 0 aliphatic rings. The highest BCUT2D eigenvalue weighted by Gasteiger charge is 2.15. The molecular formula is C18H19BrN2O2S. The number of carbonyl (C=O) groups excluding carboxylic acids is 1. The first-order valence-corrected chi connectivity index (χ1v) is 8.70. The lowest BCUT2D eigenvalue weighted by atomic mass is 10.2. The van der Waals surface area contributed by atoms with Crippen LogP contribution in [0.4, 0.5) is 5.69 Å². The first-order valence-electron chi connectivity index (χ1n) is 7.50. The number of hydrogen-bond donors (Lipinski definition) is 2. The molecule has 0 unspecified atom stereocenters. The first-order chi connectivity index (χ1) is 11.3. The van der Waals surface area contributed by atoms with E-state index in [0.717, 1.165) is 15.7 Å². The van der Waals surface area contributed by atoms with Crippen LogP contribution in [0.15, 0.2) is 46.9 Å². The van der Waals surface area contributed by atoms with Gasteiger partial charge in [-0.15, -0.1) is 0 Å². The number of hydrogen-bond acceptors (Lipinski definition) is 3. The SMILES string of the molecule is Cc1cccc(NC(=S)NC(=O)c2cc(Br)ccc2OC(C)C)c1. The molecule has 0 saturated heterocycles. The van der Waals surface area contributed by atoms with Crippen molar-refractivity contribution in [3.63, 3.8) is 0 Å². The second-order valence-electron chi connectivity index (χ2n) is 5.58. The minimum Gasteiger partial charge on any atom is -0.490 e. The van der Waals surface area contributed by atoms with Gasteiger partial charge in [-0.1, -0.05) is 28.1 Å². The standard InChI is InChI=1S/C18H19BrN2O2S/c1-11(2)23-16-8-7-13(19)10-15(16)17(22)21-18(24)20-14-6-4-5-12(3)9-14/h4-11H,1-3H3,(H2,20,21,22,24). The number of anilines is 1. The maximum absolute atomic E-state index is 12.5. The van der Waals surface area contributed by atoms with E-state index in [1.54, 1.807) is 12.1 Å². The Bertz CT molecular complexity index is 762. The summed E-state index contributed by atoms with van der Waals surface area (Å²) in [6.45, 7) is 5.81. The van der Waals surface area contributed by atoms with Crippen LogP contribution in [0, 0.1) is 6.92 Å². The van der Waals surface area contributed by atoms with Crippen molar-refractivity contribution >= 4 is 44.9 Å². The number of benzene rings is 2. The molecule has 0 bridgehead atoms. The highest BCUT2D eigenvalue weighted by atomic mass is 79.9. The lowest BCUT2D eigenvalue weighted by Gasteiger charge is -2.15. The molecule has 0 aliphatic carbocycles. The number of carbonyl (C=O) groups is 1. The van der Waals surface area contributed by atoms with Crippen molar-refractivity contribution < 1.29 is 9.53 Å². The van der Waals surface area contributed by atoms with Gasteiger partial charge in [-0.05, 0) is 68.9 Å². The van der Waals surface area contributed by atoms with E-state index in [1.165, 1.54) is 0 Å². The normalized spacial score (nSPS) is 10.4. The van der Waals surface area contributed by atoms with Crippen molar-refractivity contribution in [2.24, 2.45) is 0 Å². The second-order valence-corrected chi connectivity index (χ2v) is 6.91. The largest absolute Gasteiger partial charge is 0.490 e. The molecule has 0 saturated carbocycles. The summed E-state index contributed by atoms with van der Waals surface area (Å²) in [4.78, 5) is 12.5. The minimum atomic E-state index is -0.322. The van der Waals surface area contributed by atoms with Crippen molar-refractivity contribution in [2.75, 3.05) is 5.32 Å². The Balaban J connectivity index is 2.11. The first kappa shape index (κ1) is 18.4. The van der Waals surface area contributed by atoms with E-state index in [-0.39, 0.29) is 17.1 Å². The predicted molar refractivity (Wildman–Crippen MR) is 105 cm³/mol. The van der Waals surface area contributed by atoms with Gasteiger partial charge in [0.1, 0.15) is 5.75 Å². The van der Waals surface area contributed by atoms with E-state index in [9.17, 15) is 4.79 Å². The molecule has 0 heterocycles. The van der Waals surface area contributed by atoms with Gasteiger partial charge in [-0.25, -0.2) is 0 Å². The number of ether oxygens (including phenoxy) is 1. The summed E-state index contributed by atoms with van der Waals surface area (Å²) >= 11 is 8.60. The third kappa shape index (κ3) is 5.32. The van der Waals surface area contributed by atoms with E-state index in [0.29, 0.717) is 11.3 Å². The van der Waals surface area contributed by atoms with Crippen LogP contribution in [-0.4, -0.2) is 17.1 Å². The van der Waals surface area contributed by atoms with Crippen LogP contribution in [0.5, 0.6) is 5.75 Å². The summed E-state index contributed by atoms with van der Waals surface area (Å²) in [7, 11) is 0. The predicted octanol–water partition coefficient (Wildman–Crippen LogP) is 4.67. The number of rotatable bonds is 4. The van der Waals surface area contributed by atoms with Crippen molar-refractivity contribution in [3.05, 3.63) is 58.1 Å². The fourth-order valence-electron chi connectivity index (χ4n) is 2.09. The molecule has 0 radical (unpaired) electrons. The monoisotopic (exact) mass is 406 g/mol. The topological polar surface area (TPSA) is 50.4 Å². The van der Waals surface area contributed by atoms with Crippen molar-refractivity contribution in [1.82, 2.24) is 5.32 Å². The highest BCUT2D eigenvalue weighted by molar-refractivity contribution is 9.10. The maximum Gasteiger partial charge on any atom is 0.261 e. The highest BCUT2D eigenvalue weighted by Crippen LogP contribution is 2.24. The molecule has 2 rings (SSSR count). The molecule has 0 atom stereocenters. The van der Waals surface area contributed by atoms with Gasteiger partial charge in [0.15, 0.2) is 5.11 Å². The van der Waals surface area contributed by atoms with Gasteiger partial charge in [0.05, 0.1) is 11.7 Å². The minimum absolute atomic E-state index is 0.0323. The Labute approximate surface area is 155 Å². The van der Waals surface area contributed by atoms with E-state index >= 15 is 0 Å². The fourth-order valence-corrected chi connectivity index (χ4v) is 2.66. The Hall–Kier alpha value is -1.92. The summed E-state index contributed by atoms with van der Waals surface area (Å²) in [5.41, 5.74) is 2.35. The lowest BCUT2D eigenvalue weighted by Crippen LogP contribution is -2.34. The zero-order valence-corrected chi connectivity index (χ0v) is 16.1. The summed E-state index contributed by atoms with van der Waals surface area (Å²) in [5, 5.41) is 5.93. The van der Waals surface area contributed by atoms with Crippen LogP contribution >= 0.6 is 28.1 Å². The van der Waals surface area contributed by atoms with E-state index in [4.69, 9.17) is 17.0 Å². The van der Waals surface area contributed by atoms with Crippen LogP contribution < -0.4 is 15.4 Å². The number of halogens is 1. The second kappa shape index (κ2) is 8.26. The Morgan fingerprint density at radius 1 is 1.21 bits per heavy atom. The van der Waals surface area contributed by atoms with Gasteiger partial charge in [0.2, 0.25) is 0 Å². The zero-order valence-electron chi connectivity index (χ0n) is 13.7. The number of nitrogens with one attached hydrogen (secondary N) is 2. The van der Waals surface area contributed by atoms with Crippen LogP contribution in [-0.2, 0) is 0 Å². The van der Waals surface area contributed by atoms with Crippen molar-refractivity contribution in [2.45, 2.75) is 26.9 Å². The Morgan fingerprint density at radius 3 is 2.62 bits per heavy atom. The third-order valence-corrected chi connectivity index (χ3v) is 3.75. The molecule has 0 spiro atoms. The quantitative estimate of drug-likeness (QED) is 0.724. The van der Waals surface area contributed by atoms with Gasteiger partial charge in [-0.3, -0.25) is 10.1 Å². The van der Waals surface area contributed by atoms with Crippen LogP contribution in [0.2, 0.25) is 0 Å². The fraction of sp³-hybridized carbons (Fsp3) is 0.222. The van der Waals surface area contributed by atoms with Gasteiger partial charge in [-0.2, -0.15) is 0 Å². The van der Waals surface area contributed by atoms with Crippen molar-refractivity contribution in [1.29, 1.82) is 0 Å². The third-order valence-electron chi connectivity index (χ3n) is 3.05. The Kier molecular flexibility index (Phi) is 6.34. The molecule has 126 valence electrons. The molecule has 24 heavy (non-hydrogen) atoms. The summed E-state index contributed by atoms with van der Waals surface area (Å²) in [6.07, 6.45) is -0.0323. The number of aryl methyl sites for hydroxylation is 1. The molecule has 0 aliphatic heterocycles. The molecule has 1 amide bonds. The lowest BCUT2D eigenvalue weighted by molar-refractivity contribution is 0.0972. The molecule has 2 aromatic carbocycles. The van der Waals surface area contributed by atoms with Gasteiger partial charge < -0.3 is 10.1 Å². The van der Waals surface area contributed by atoms with Gasteiger partial charge >= 0.3 is 0 Å². The van der Waals surface area contributed by atoms with Gasteiger partial charge in [0, 0.05) is 10.2 Å². The summed E-state index contributed by atoms with van der Waals surface area (Å²) < 4.78 is 6.48. The Morgan fingerprint density at radius 2 is 1.96 bits per heavy atom. The number of amides is 1. The van der Waals surface area contributed by atoms with E-state index < -0.39 is 0 Å². The van der Waals surface area contributed by atoms with E-state index in [2.05, 4.69) is 26.6 Å². The summed E-state index contributed by atoms with van der Waals surface area (Å²) in [5.74, 6) is 0.196. The molecule has 0 aromatic heterocycles. The molecule has 2 aromatic rings. The average molecular weight is 407 g/mol. The van der Waals surface area contributed by atoms with Gasteiger partial charge in [0.25, 0.3) is 5.91 Å². The smallest absolute Gasteiger partial charge is 0.261 e. The number of thiocarbonyl (C=S) groups is 1. The molecule has 0 fully saturated rings. The van der Waals surface area contributed by atoms with Crippen LogP contribution in [0.25, 0.3) is 0 Å². The molecule has 6 heteroatoms. The maximum atomic E-state index is 12.5.